The first kappa shape index (κ1) is 16.0. The fourth-order valence-electron chi connectivity index (χ4n) is 1.54. The first-order valence-corrected chi connectivity index (χ1v) is 7.05. The van der Waals surface area contributed by atoms with Crippen molar-refractivity contribution in [2.75, 3.05) is 13.7 Å². The highest BCUT2D eigenvalue weighted by molar-refractivity contribution is 9.10. The number of rotatable bonds is 5. The first-order chi connectivity index (χ1) is 8.82. The summed E-state index contributed by atoms with van der Waals surface area (Å²) < 4.78 is 6.54. The van der Waals surface area contributed by atoms with Gasteiger partial charge in [0.05, 0.1) is 0 Å². The lowest BCUT2D eigenvalue weighted by atomic mass is 10.1. The number of nitrogens with zero attached hydrogens (tertiary/aromatic N) is 1. The molecule has 0 fully saturated rings. The van der Waals surface area contributed by atoms with Crippen molar-refractivity contribution in [3.05, 3.63) is 28.2 Å². The molecule has 0 spiro atoms. The topological polar surface area (TPSA) is 55.6 Å². The van der Waals surface area contributed by atoms with Crippen LogP contribution in [0.1, 0.15) is 32.4 Å². The van der Waals surface area contributed by atoms with Gasteiger partial charge in [0, 0.05) is 29.2 Å². The second-order valence-corrected chi connectivity index (χ2v) is 5.77. The molecule has 1 unspecified atom stereocenters. The van der Waals surface area contributed by atoms with Crippen LogP contribution in [0.3, 0.4) is 0 Å². The number of nitrogens with two attached hydrogens (primary N) is 1. The second kappa shape index (κ2) is 6.91. The number of likely N-dealkylation sites (N-methyl/N-ethyl adjacent to an activating group) is 1. The Labute approximate surface area is 123 Å². The SMILES string of the molecule is CC(N)c1cc(Br)ccc1OCC(=O)N(C)C(C)C. The quantitative estimate of drug-likeness (QED) is 0.904. The molecule has 0 aliphatic rings. The number of hydrogen-bond donors (Lipinski definition) is 1. The number of carbonyl (C=O) groups is 1. The molecule has 0 radical (unpaired) electrons. The summed E-state index contributed by atoms with van der Waals surface area (Å²) in [7, 11) is 1.77. The van der Waals surface area contributed by atoms with E-state index in [2.05, 4.69) is 15.9 Å². The molecule has 2 N–H and O–H groups in total. The van der Waals surface area contributed by atoms with Gasteiger partial charge in [-0.2, -0.15) is 0 Å². The van der Waals surface area contributed by atoms with Gasteiger partial charge >= 0.3 is 0 Å². The largest absolute Gasteiger partial charge is 0.483 e. The van der Waals surface area contributed by atoms with E-state index in [4.69, 9.17) is 10.5 Å². The van der Waals surface area contributed by atoms with Gasteiger partial charge in [0.25, 0.3) is 5.91 Å². The Balaban J connectivity index is 2.75. The Bertz CT molecular complexity index is 447. The minimum atomic E-state index is -0.148. The Morgan fingerprint density at radius 1 is 1.42 bits per heavy atom. The lowest BCUT2D eigenvalue weighted by Crippen LogP contribution is -2.36. The van der Waals surface area contributed by atoms with Gasteiger partial charge in [-0.15, -0.1) is 0 Å². The van der Waals surface area contributed by atoms with E-state index in [1.807, 2.05) is 39.0 Å². The lowest BCUT2D eigenvalue weighted by Gasteiger charge is -2.22. The van der Waals surface area contributed by atoms with Crippen molar-refractivity contribution in [1.82, 2.24) is 4.90 Å². The zero-order valence-electron chi connectivity index (χ0n) is 11.8. The van der Waals surface area contributed by atoms with Gasteiger partial charge in [-0.25, -0.2) is 0 Å². The summed E-state index contributed by atoms with van der Waals surface area (Å²) in [4.78, 5) is 13.5. The van der Waals surface area contributed by atoms with Gasteiger partial charge in [-0.1, -0.05) is 15.9 Å². The molecule has 1 rings (SSSR count). The van der Waals surface area contributed by atoms with Gasteiger partial charge in [-0.05, 0) is 39.0 Å². The Hall–Kier alpha value is -1.07. The molecule has 19 heavy (non-hydrogen) atoms. The van der Waals surface area contributed by atoms with E-state index < -0.39 is 0 Å². The van der Waals surface area contributed by atoms with E-state index >= 15 is 0 Å². The van der Waals surface area contributed by atoms with Crippen LogP contribution in [0, 0.1) is 0 Å². The third-order valence-electron chi connectivity index (χ3n) is 2.98. The lowest BCUT2D eigenvalue weighted by molar-refractivity contribution is -0.133. The average molecular weight is 329 g/mol. The maximum Gasteiger partial charge on any atom is 0.260 e. The zero-order valence-corrected chi connectivity index (χ0v) is 13.4. The summed E-state index contributed by atoms with van der Waals surface area (Å²) in [6.07, 6.45) is 0. The van der Waals surface area contributed by atoms with E-state index in [0.717, 1.165) is 10.0 Å². The summed E-state index contributed by atoms with van der Waals surface area (Å²) in [6, 6.07) is 5.62. The summed E-state index contributed by atoms with van der Waals surface area (Å²) in [5.41, 5.74) is 6.79. The van der Waals surface area contributed by atoms with Crippen LogP contribution in [0.5, 0.6) is 5.75 Å². The molecule has 0 bridgehead atoms. The molecule has 0 saturated heterocycles. The van der Waals surface area contributed by atoms with E-state index in [0.29, 0.717) is 5.75 Å². The molecule has 0 aromatic heterocycles. The summed E-state index contributed by atoms with van der Waals surface area (Å²) in [5, 5.41) is 0. The molecule has 1 aromatic rings. The third-order valence-corrected chi connectivity index (χ3v) is 3.47. The third kappa shape index (κ3) is 4.51. The molecule has 0 aliphatic heterocycles. The summed E-state index contributed by atoms with van der Waals surface area (Å²) in [5.74, 6) is 0.609. The normalized spacial score (nSPS) is 12.4. The smallest absolute Gasteiger partial charge is 0.260 e. The van der Waals surface area contributed by atoms with Gasteiger partial charge in [0.15, 0.2) is 6.61 Å². The number of carbonyl (C=O) groups excluding carboxylic acids is 1. The van der Waals surface area contributed by atoms with Crippen LogP contribution >= 0.6 is 15.9 Å². The van der Waals surface area contributed by atoms with Crippen molar-refractivity contribution >= 4 is 21.8 Å². The van der Waals surface area contributed by atoms with Crippen LogP contribution in [0.4, 0.5) is 0 Å². The average Bonchev–Trinajstić information content (AvgIpc) is 2.35. The second-order valence-electron chi connectivity index (χ2n) is 4.86. The number of halogens is 1. The molecule has 5 heteroatoms. The Morgan fingerprint density at radius 3 is 2.58 bits per heavy atom. The van der Waals surface area contributed by atoms with Crippen LogP contribution in [0.15, 0.2) is 22.7 Å². The summed E-state index contributed by atoms with van der Waals surface area (Å²) >= 11 is 3.40. The molecule has 0 saturated carbocycles. The Kier molecular flexibility index (Phi) is 5.82. The minimum absolute atomic E-state index is 0.0238. The highest BCUT2D eigenvalue weighted by Gasteiger charge is 2.14. The first-order valence-electron chi connectivity index (χ1n) is 6.26. The highest BCUT2D eigenvalue weighted by atomic mass is 79.9. The molecule has 106 valence electrons. The monoisotopic (exact) mass is 328 g/mol. The molecule has 1 aromatic carbocycles. The van der Waals surface area contributed by atoms with Crippen LogP contribution in [-0.2, 0) is 4.79 Å². The van der Waals surface area contributed by atoms with Crippen LogP contribution < -0.4 is 10.5 Å². The number of amides is 1. The predicted molar refractivity (Wildman–Crippen MR) is 80.1 cm³/mol. The number of hydrogen-bond acceptors (Lipinski definition) is 3. The number of benzene rings is 1. The Morgan fingerprint density at radius 2 is 2.05 bits per heavy atom. The van der Waals surface area contributed by atoms with E-state index in [1.54, 1.807) is 11.9 Å². The standard InChI is InChI=1S/C14H21BrN2O2/c1-9(2)17(4)14(18)8-19-13-6-5-11(15)7-12(13)10(3)16/h5-7,9-10H,8,16H2,1-4H3. The van der Waals surface area contributed by atoms with Crippen molar-refractivity contribution in [2.24, 2.45) is 5.73 Å². The van der Waals surface area contributed by atoms with Gasteiger partial charge in [-0.3, -0.25) is 4.79 Å². The van der Waals surface area contributed by atoms with Crippen molar-refractivity contribution in [2.45, 2.75) is 32.9 Å². The van der Waals surface area contributed by atoms with Crippen LogP contribution in [0.2, 0.25) is 0 Å². The summed E-state index contributed by atoms with van der Waals surface area (Å²) in [6.45, 7) is 5.84. The van der Waals surface area contributed by atoms with Crippen LogP contribution in [-0.4, -0.2) is 30.5 Å². The maximum atomic E-state index is 11.9. The molecule has 1 amide bonds. The fourth-order valence-corrected chi connectivity index (χ4v) is 1.91. The highest BCUT2D eigenvalue weighted by Crippen LogP contribution is 2.27. The van der Waals surface area contributed by atoms with E-state index in [1.165, 1.54) is 0 Å². The van der Waals surface area contributed by atoms with Crippen molar-refractivity contribution < 1.29 is 9.53 Å². The molecule has 1 atom stereocenters. The molecule has 0 aliphatic carbocycles. The van der Waals surface area contributed by atoms with E-state index in [9.17, 15) is 4.79 Å². The molecular weight excluding hydrogens is 308 g/mol. The van der Waals surface area contributed by atoms with Crippen LogP contribution in [0.25, 0.3) is 0 Å². The maximum absolute atomic E-state index is 11.9. The molecular formula is C14H21BrN2O2. The van der Waals surface area contributed by atoms with Crippen molar-refractivity contribution in [3.63, 3.8) is 0 Å². The predicted octanol–water partition coefficient (Wildman–Crippen LogP) is 2.71. The van der Waals surface area contributed by atoms with Crippen molar-refractivity contribution in [3.8, 4) is 5.75 Å². The fraction of sp³-hybridized carbons (Fsp3) is 0.500. The number of ether oxygens (including phenoxy) is 1. The molecule has 4 nitrogen and oxygen atoms in total. The van der Waals surface area contributed by atoms with E-state index in [-0.39, 0.29) is 24.6 Å². The zero-order chi connectivity index (χ0) is 14.6. The van der Waals surface area contributed by atoms with Gasteiger partial charge in [0.1, 0.15) is 5.75 Å². The minimum Gasteiger partial charge on any atom is -0.483 e. The van der Waals surface area contributed by atoms with Crippen molar-refractivity contribution in [1.29, 1.82) is 0 Å². The van der Waals surface area contributed by atoms with Gasteiger partial charge < -0.3 is 15.4 Å². The molecule has 0 heterocycles. The van der Waals surface area contributed by atoms with Gasteiger partial charge in [0.2, 0.25) is 0 Å².